The van der Waals surface area contributed by atoms with Crippen molar-refractivity contribution in [1.82, 2.24) is 19.5 Å². The number of hydrogen-bond acceptors (Lipinski definition) is 4. The van der Waals surface area contributed by atoms with E-state index in [4.69, 9.17) is 19.4 Å². The molecule has 334 valence electrons. The van der Waals surface area contributed by atoms with E-state index in [0.717, 1.165) is 55.3 Å². The van der Waals surface area contributed by atoms with Crippen molar-refractivity contribution in [3.8, 4) is 62.1 Å². The highest BCUT2D eigenvalue weighted by atomic mass is 16.3. The Labute approximate surface area is 406 Å². The summed E-state index contributed by atoms with van der Waals surface area (Å²) in [6, 6.07) is 73.9. The molecule has 0 radical (unpaired) electrons. The quantitative estimate of drug-likeness (QED) is 0.173. The summed E-state index contributed by atoms with van der Waals surface area (Å²) in [7, 11) is 0. The number of furan rings is 1. The van der Waals surface area contributed by atoms with Gasteiger partial charge in [0.2, 0.25) is 0 Å². The number of benzene rings is 10. The minimum atomic E-state index is -0.121. The van der Waals surface area contributed by atoms with Crippen LogP contribution in [-0.2, 0) is 5.41 Å². The molecule has 5 heteroatoms. The van der Waals surface area contributed by atoms with Crippen LogP contribution in [0.3, 0.4) is 0 Å². The molecule has 0 N–H and O–H groups in total. The monoisotopic (exact) mass is 900 g/mol. The van der Waals surface area contributed by atoms with Crippen LogP contribution in [-0.4, -0.2) is 19.5 Å². The Morgan fingerprint density at radius 1 is 0.414 bits per heavy atom. The molecule has 70 heavy (non-hydrogen) atoms. The molecule has 14 rings (SSSR count). The highest BCUT2D eigenvalue weighted by Crippen LogP contribution is 2.53. The Balaban J connectivity index is 0.00000156. The third kappa shape index (κ3) is 6.57. The normalized spacial score (nSPS) is 12.7. The maximum absolute atomic E-state index is 6.33. The van der Waals surface area contributed by atoms with E-state index in [1.165, 1.54) is 72.1 Å². The van der Waals surface area contributed by atoms with Crippen molar-refractivity contribution in [3.05, 3.63) is 217 Å². The molecule has 0 unspecified atom stereocenters. The molecular weight excluding hydrogens is 853 g/mol. The topological polar surface area (TPSA) is 56.7 Å². The summed E-state index contributed by atoms with van der Waals surface area (Å²) >= 11 is 0. The highest BCUT2D eigenvalue weighted by molar-refractivity contribution is 6.17. The lowest BCUT2D eigenvalue weighted by Gasteiger charge is -2.21. The summed E-state index contributed by atoms with van der Waals surface area (Å²) in [5.74, 6) is 1.78. The average molecular weight is 901 g/mol. The molecule has 0 atom stereocenters. The fourth-order valence-electron chi connectivity index (χ4n) is 10.9. The summed E-state index contributed by atoms with van der Waals surface area (Å²) in [6.07, 6.45) is 1.25. The summed E-state index contributed by atoms with van der Waals surface area (Å²) in [4.78, 5) is 15.5. The Morgan fingerprint density at radius 2 is 1.01 bits per heavy atom. The first-order chi connectivity index (χ1) is 34.4. The molecule has 1 aliphatic rings. The number of aromatic nitrogens is 4. The molecule has 0 spiro atoms. The van der Waals surface area contributed by atoms with Gasteiger partial charge in [-0.05, 0) is 97.9 Å². The van der Waals surface area contributed by atoms with Gasteiger partial charge in [-0.15, -0.1) is 0 Å². The van der Waals surface area contributed by atoms with Gasteiger partial charge in [0, 0.05) is 54.9 Å². The zero-order chi connectivity index (χ0) is 47.1. The smallest absolute Gasteiger partial charge is 0.164 e. The number of nitrogens with zero attached hydrogens (tertiary/aromatic N) is 4. The summed E-state index contributed by atoms with van der Waals surface area (Å²) in [6.45, 7) is 8.97. The van der Waals surface area contributed by atoms with Crippen molar-refractivity contribution >= 4 is 65.3 Å². The predicted molar refractivity (Wildman–Crippen MR) is 292 cm³/mol. The molecule has 0 bridgehead atoms. The molecule has 5 nitrogen and oxygen atoms in total. The second-order valence-electron chi connectivity index (χ2n) is 19.1. The number of hydrogen-bond donors (Lipinski definition) is 0. The number of rotatable bonds is 5. The molecule has 0 amide bonds. The molecule has 3 aromatic heterocycles. The van der Waals surface area contributed by atoms with Gasteiger partial charge >= 0.3 is 0 Å². The van der Waals surface area contributed by atoms with Crippen LogP contribution >= 0.6 is 0 Å². The largest absolute Gasteiger partial charge is 0.456 e. The molecular formula is C65H48N4O. The summed E-state index contributed by atoms with van der Waals surface area (Å²) < 4.78 is 8.78. The van der Waals surface area contributed by atoms with Crippen LogP contribution in [0.4, 0.5) is 0 Å². The van der Waals surface area contributed by atoms with E-state index in [9.17, 15) is 0 Å². The van der Waals surface area contributed by atoms with Gasteiger partial charge in [0.25, 0.3) is 0 Å². The minimum Gasteiger partial charge on any atom is -0.456 e. The van der Waals surface area contributed by atoms with Gasteiger partial charge < -0.3 is 8.98 Å². The van der Waals surface area contributed by atoms with E-state index in [0.29, 0.717) is 17.5 Å². The molecule has 0 fully saturated rings. The van der Waals surface area contributed by atoms with Crippen molar-refractivity contribution in [3.63, 3.8) is 0 Å². The maximum atomic E-state index is 6.33. The molecule has 13 aromatic rings. The van der Waals surface area contributed by atoms with Crippen molar-refractivity contribution in [2.24, 2.45) is 0 Å². The fraction of sp³-hybridized carbons (Fsp3) is 0.0923. The average Bonchev–Trinajstić information content (AvgIpc) is 4.02. The van der Waals surface area contributed by atoms with Gasteiger partial charge in [-0.3, -0.25) is 0 Å². The Morgan fingerprint density at radius 3 is 1.81 bits per heavy atom. The zero-order valence-electron chi connectivity index (χ0n) is 39.5. The van der Waals surface area contributed by atoms with Crippen molar-refractivity contribution in [2.45, 2.75) is 39.5 Å². The van der Waals surface area contributed by atoms with E-state index in [2.05, 4.69) is 184 Å². The summed E-state index contributed by atoms with van der Waals surface area (Å²) in [5.41, 5.74) is 15.2. The van der Waals surface area contributed by atoms with Crippen LogP contribution in [0.15, 0.2) is 211 Å². The standard InChI is InChI=1S/C62H40N4O.C3H8/c1-62(2)52-30-28-41(34-51(52)57-45-21-9-8-14-37(45)27-31-53(57)62)46-23-13-24-49-50-33-39-17-6-7-18-40(39)35-54(50)66(58(46)49)44-20-12-19-42(32-44)60-63-59(38-15-4-3-5-16-38)64-61(65-60)43-26-29-48-47-22-10-11-25-55(47)67-56(48)36-43;1-3-2/h3-36H,1-2H3;3H2,1-2H3. The lowest BCUT2D eigenvalue weighted by molar-refractivity contribution is 0.661. The number of fused-ring (bicyclic) bond motifs is 12. The third-order valence-electron chi connectivity index (χ3n) is 14.2. The van der Waals surface area contributed by atoms with Crippen LogP contribution in [0.5, 0.6) is 0 Å². The van der Waals surface area contributed by atoms with E-state index in [1.54, 1.807) is 0 Å². The second kappa shape index (κ2) is 16.2. The Bertz CT molecular complexity index is 4220. The fourth-order valence-corrected chi connectivity index (χ4v) is 10.9. The maximum Gasteiger partial charge on any atom is 0.164 e. The van der Waals surface area contributed by atoms with Crippen LogP contribution < -0.4 is 0 Å². The first kappa shape index (κ1) is 41.5. The first-order valence-electron chi connectivity index (χ1n) is 24.3. The van der Waals surface area contributed by atoms with Crippen molar-refractivity contribution in [1.29, 1.82) is 0 Å². The zero-order valence-corrected chi connectivity index (χ0v) is 39.5. The van der Waals surface area contributed by atoms with Gasteiger partial charge in [-0.25, -0.2) is 15.0 Å². The van der Waals surface area contributed by atoms with Crippen molar-refractivity contribution in [2.75, 3.05) is 0 Å². The number of para-hydroxylation sites is 2. The van der Waals surface area contributed by atoms with Crippen LogP contribution in [0.2, 0.25) is 0 Å². The molecule has 10 aromatic carbocycles. The van der Waals surface area contributed by atoms with Gasteiger partial charge in [0.1, 0.15) is 11.2 Å². The summed E-state index contributed by atoms with van der Waals surface area (Å²) in [5, 5.41) is 9.51. The molecule has 0 saturated heterocycles. The van der Waals surface area contributed by atoms with Crippen LogP contribution in [0.1, 0.15) is 45.2 Å². The second-order valence-corrected chi connectivity index (χ2v) is 19.1. The predicted octanol–water partition coefficient (Wildman–Crippen LogP) is 17.6. The first-order valence-corrected chi connectivity index (χ1v) is 24.3. The van der Waals surface area contributed by atoms with Crippen LogP contribution in [0.25, 0.3) is 127 Å². The molecule has 3 heterocycles. The minimum absolute atomic E-state index is 0.121. The third-order valence-corrected chi connectivity index (χ3v) is 14.2. The van der Waals surface area contributed by atoms with E-state index < -0.39 is 0 Å². The van der Waals surface area contributed by atoms with Crippen molar-refractivity contribution < 1.29 is 4.42 Å². The SMILES string of the molecule is CC1(C)c2ccc(-c3cccc4c5cc6ccccc6cc5n(-c5cccc(-c6nc(-c7ccccc7)nc(-c7ccc8c(c7)oc7ccccc78)n6)c5)c34)cc2-c2c1ccc1ccccc21.CCC. The highest BCUT2D eigenvalue weighted by Gasteiger charge is 2.36. The van der Waals surface area contributed by atoms with Gasteiger partial charge in [-0.1, -0.05) is 192 Å². The van der Waals surface area contributed by atoms with E-state index >= 15 is 0 Å². The molecule has 0 saturated carbocycles. The van der Waals surface area contributed by atoms with Gasteiger partial charge in [0.05, 0.1) is 11.0 Å². The lowest BCUT2D eigenvalue weighted by Crippen LogP contribution is -2.14. The molecule has 0 aliphatic heterocycles. The Kier molecular flexibility index (Phi) is 9.63. The molecule has 1 aliphatic carbocycles. The lowest BCUT2D eigenvalue weighted by atomic mass is 9.82. The van der Waals surface area contributed by atoms with Crippen LogP contribution in [0, 0.1) is 0 Å². The van der Waals surface area contributed by atoms with Gasteiger partial charge in [0.15, 0.2) is 17.5 Å². The van der Waals surface area contributed by atoms with E-state index in [-0.39, 0.29) is 5.41 Å². The Hall–Kier alpha value is -8.67. The van der Waals surface area contributed by atoms with Gasteiger partial charge in [-0.2, -0.15) is 0 Å². The van der Waals surface area contributed by atoms with E-state index in [1.807, 2.05) is 54.6 Å².